The van der Waals surface area contributed by atoms with Gasteiger partial charge in [0.05, 0.1) is 11.9 Å². The summed E-state index contributed by atoms with van der Waals surface area (Å²) in [6, 6.07) is 19.0. The first kappa shape index (κ1) is 19.6. The van der Waals surface area contributed by atoms with E-state index in [0.29, 0.717) is 23.0 Å². The quantitative estimate of drug-likeness (QED) is 0.531. The molecule has 30 heavy (non-hydrogen) atoms. The lowest BCUT2D eigenvalue weighted by molar-refractivity contribution is -0.142. The molecule has 1 amide bonds. The van der Waals surface area contributed by atoms with E-state index in [1.807, 2.05) is 30.3 Å². The Morgan fingerprint density at radius 1 is 1.00 bits per heavy atom. The molecule has 0 aliphatic rings. The van der Waals surface area contributed by atoms with Crippen LogP contribution in [0, 0.1) is 0 Å². The number of carbonyl (C=O) groups is 1. The molecule has 0 unspecified atom stereocenters. The zero-order chi connectivity index (χ0) is 21.1. The summed E-state index contributed by atoms with van der Waals surface area (Å²) in [5.41, 5.74) is 0.542. The minimum absolute atomic E-state index is 0.00802. The number of amides is 1. The van der Waals surface area contributed by atoms with Crippen LogP contribution in [-0.4, -0.2) is 27.0 Å². The number of aromatic nitrogens is 3. The van der Waals surface area contributed by atoms with Crippen LogP contribution in [0.3, 0.4) is 0 Å². The van der Waals surface area contributed by atoms with Crippen molar-refractivity contribution in [2.45, 2.75) is 12.6 Å². The van der Waals surface area contributed by atoms with Gasteiger partial charge in [0.2, 0.25) is 0 Å². The van der Waals surface area contributed by atoms with E-state index >= 15 is 0 Å². The zero-order valence-electron chi connectivity index (χ0n) is 15.7. The summed E-state index contributed by atoms with van der Waals surface area (Å²) < 4.78 is 41.5. The van der Waals surface area contributed by atoms with Crippen LogP contribution in [0.5, 0.6) is 0 Å². The minimum Gasteiger partial charge on any atom is -0.352 e. The fourth-order valence-corrected chi connectivity index (χ4v) is 3.14. The molecule has 0 bridgehead atoms. The largest absolute Gasteiger partial charge is 0.433 e. The highest BCUT2D eigenvalue weighted by Gasteiger charge is 2.36. The first-order chi connectivity index (χ1) is 14.4. The van der Waals surface area contributed by atoms with Crippen LogP contribution < -0.4 is 5.32 Å². The van der Waals surface area contributed by atoms with Crippen LogP contribution in [0.1, 0.15) is 21.6 Å². The van der Waals surface area contributed by atoms with Crippen molar-refractivity contribution < 1.29 is 18.0 Å². The van der Waals surface area contributed by atoms with Crippen molar-refractivity contribution in [1.29, 1.82) is 0 Å². The zero-order valence-corrected chi connectivity index (χ0v) is 15.7. The predicted molar refractivity (Wildman–Crippen MR) is 106 cm³/mol. The van der Waals surface area contributed by atoms with Crippen molar-refractivity contribution in [3.8, 4) is 11.3 Å². The fraction of sp³-hybridized carbons (Fsp3) is 0.136. The van der Waals surface area contributed by atoms with E-state index in [9.17, 15) is 18.0 Å². The maximum absolute atomic E-state index is 13.6. The summed E-state index contributed by atoms with van der Waals surface area (Å²) in [4.78, 5) is 16.9. The van der Waals surface area contributed by atoms with Gasteiger partial charge in [0, 0.05) is 12.1 Å². The van der Waals surface area contributed by atoms with Gasteiger partial charge in [0.1, 0.15) is 5.56 Å². The summed E-state index contributed by atoms with van der Waals surface area (Å²) in [7, 11) is 0. The van der Waals surface area contributed by atoms with E-state index in [1.54, 1.807) is 30.3 Å². The van der Waals surface area contributed by atoms with Gasteiger partial charge in [-0.3, -0.25) is 4.79 Å². The van der Waals surface area contributed by atoms with Crippen LogP contribution in [0.25, 0.3) is 16.9 Å². The molecule has 8 heteroatoms. The molecule has 5 nitrogen and oxygen atoms in total. The van der Waals surface area contributed by atoms with Gasteiger partial charge in [-0.2, -0.15) is 18.3 Å². The van der Waals surface area contributed by atoms with Gasteiger partial charge in [0.25, 0.3) is 5.91 Å². The SMILES string of the molecule is O=C(NCCc1ccccc1)c1cnn2c(C(F)(F)F)cc(-c3ccccc3)nc12. The predicted octanol–water partition coefficient (Wildman–Crippen LogP) is 4.39. The van der Waals surface area contributed by atoms with Gasteiger partial charge in [-0.25, -0.2) is 9.50 Å². The molecule has 152 valence electrons. The highest BCUT2D eigenvalue weighted by Crippen LogP contribution is 2.32. The lowest BCUT2D eigenvalue weighted by Gasteiger charge is -2.11. The average molecular weight is 410 g/mol. The van der Waals surface area contributed by atoms with Gasteiger partial charge < -0.3 is 5.32 Å². The van der Waals surface area contributed by atoms with Crippen molar-refractivity contribution in [3.05, 3.63) is 89.7 Å². The Balaban J connectivity index is 1.67. The van der Waals surface area contributed by atoms with Crippen LogP contribution in [0.4, 0.5) is 13.2 Å². The molecule has 0 aliphatic carbocycles. The molecule has 0 saturated carbocycles. The van der Waals surface area contributed by atoms with E-state index in [2.05, 4.69) is 15.4 Å². The molecule has 0 saturated heterocycles. The molecule has 0 spiro atoms. The number of alkyl halides is 3. The highest BCUT2D eigenvalue weighted by molar-refractivity contribution is 5.99. The van der Waals surface area contributed by atoms with E-state index in [0.717, 1.165) is 17.8 Å². The van der Waals surface area contributed by atoms with Crippen LogP contribution >= 0.6 is 0 Å². The van der Waals surface area contributed by atoms with Crippen LogP contribution in [-0.2, 0) is 12.6 Å². The Hall–Kier alpha value is -3.68. The molecule has 2 aromatic heterocycles. The Morgan fingerprint density at radius 2 is 1.67 bits per heavy atom. The standard InChI is InChI=1S/C22H17F3N4O/c23-22(24,25)19-13-18(16-9-5-2-6-10-16)28-20-17(14-27-29(19)20)21(30)26-12-11-15-7-3-1-4-8-15/h1-10,13-14H,11-12H2,(H,26,30). The maximum Gasteiger partial charge on any atom is 0.433 e. The molecular formula is C22H17F3N4O. The van der Waals surface area contributed by atoms with Crippen LogP contribution in [0.2, 0.25) is 0 Å². The number of hydrogen-bond acceptors (Lipinski definition) is 3. The first-order valence-electron chi connectivity index (χ1n) is 9.27. The fourth-order valence-electron chi connectivity index (χ4n) is 3.14. The molecule has 0 fully saturated rings. The van der Waals surface area contributed by atoms with Gasteiger partial charge in [-0.05, 0) is 18.1 Å². The van der Waals surface area contributed by atoms with E-state index in [4.69, 9.17) is 0 Å². The third kappa shape index (κ3) is 4.03. The van der Waals surface area contributed by atoms with Gasteiger partial charge in [0.15, 0.2) is 11.3 Å². The first-order valence-corrected chi connectivity index (χ1v) is 9.27. The summed E-state index contributed by atoms with van der Waals surface area (Å²) in [6.07, 6.45) is -2.94. The van der Waals surface area contributed by atoms with Gasteiger partial charge in [-0.1, -0.05) is 60.7 Å². The third-order valence-electron chi connectivity index (χ3n) is 4.62. The van der Waals surface area contributed by atoms with Crippen molar-refractivity contribution in [1.82, 2.24) is 19.9 Å². The van der Waals surface area contributed by atoms with Gasteiger partial charge in [-0.15, -0.1) is 0 Å². The molecule has 4 rings (SSSR count). The van der Waals surface area contributed by atoms with E-state index in [-0.39, 0.29) is 16.9 Å². The normalized spacial score (nSPS) is 11.6. The summed E-state index contributed by atoms with van der Waals surface area (Å²) in [5, 5.41) is 6.51. The smallest absolute Gasteiger partial charge is 0.352 e. The third-order valence-corrected chi connectivity index (χ3v) is 4.62. The van der Waals surface area contributed by atoms with Gasteiger partial charge >= 0.3 is 6.18 Å². The minimum atomic E-state index is -4.65. The molecule has 0 atom stereocenters. The lowest BCUT2D eigenvalue weighted by Crippen LogP contribution is -2.26. The second-order valence-electron chi connectivity index (χ2n) is 6.68. The molecule has 0 aliphatic heterocycles. The number of nitrogens with one attached hydrogen (secondary N) is 1. The lowest BCUT2D eigenvalue weighted by atomic mass is 10.1. The second-order valence-corrected chi connectivity index (χ2v) is 6.68. The number of nitrogens with zero attached hydrogens (tertiary/aromatic N) is 3. The van der Waals surface area contributed by atoms with Crippen molar-refractivity contribution in [2.75, 3.05) is 6.54 Å². The second kappa shape index (κ2) is 7.98. The van der Waals surface area contributed by atoms with E-state index < -0.39 is 17.8 Å². The molecule has 4 aromatic rings. The van der Waals surface area contributed by atoms with Crippen molar-refractivity contribution >= 4 is 11.6 Å². The number of hydrogen-bond donors (Lipinski definition) is 1. The summed E-state index contributed by atoms with van der Waals surface area (Å²) in [6.45, 7) is 0.338. The topological polar surface area (TPSA) is 59.3 Å². The Labute approximate surface area is 170 Å². The number of fused-ring (bicyclic) bond motifs is 1. The number of rotatable bonds is 5. The molecule has 0 radical (unpaired) electrons. The molecule has 1 N–H and O–H groups in total. The van der Waals surface area contributed by atoms with Crippen molar-refractivity contribution in [2.24, 2.45) is 0 Å². The number of halogens is 3. The highest BCUT2D eigenvalue weighted by atomic mass is 19.4. The molecule has 2 heterocycles. The van der Waals surface area contributed by atoms with Crippen molar-refractivity contribution in [3.63, 3.8) is 0 Å². The number of benzene rings is 2. The molecule has 2 aromatic carbocycles. The Kier molecular flexibility index (Phi) is 5.22. The Bertz CT molecular complexity index is 1170. The molecular weight excluding hydrogens is 393 g/mol. The number of carbonyl (C=O) groups excluding carboxylic acids is 1. The monoisotopic (exact) mass is 410 g/mol. The average Bonchev–Trinajstić information content (AvgIpc) is 3.17. The van der Waals surface area contributed by atoms with E-state index in [1.165, 1.54) is 0 Å². The Morgan fingerprint density at radius 3 is 2.33 bits per heavy atom. The van der Waals surface area contributed by atoms with Crippen LogP contribution in [0.15, 0.2) is 72.9 Å². The summed E-state index contributed by atoms with van der Waals surface area (Å²) >= 11 is 0. The summed E-state index contributed by atoms with van der Waals surface area (Å²) in [5.74, 6) is -0.522. The maximum atomic E-state index is 13.6.